The molecule has 0 bridgehead atoms. The van der Waals surface area contributed by atoms with Crippen LogP contribution in [0.5, 0.6) is 0 Å². The Morgan fingerprint density at radius 2 is 1.24 bits per heavy atom. The smallest absolute Gasteiger partial charge is 0.0887 e. The van der Waals surface area contributed by atoms with E-state index in [0.29, 0.717) is 0 Å². The second-order valence-corrected chi connectivity index (χ2v) is 5.59. The Hall–Kier alpha value is -0.160. The molecule has 17 heavy (non-hydrogen) atoms. The van der Waals surface area contributed by atoms with Gasteiger partial charge in [-0.2, -0.15) is 17.9 Å². The van der Waals surface area contributed by atoms with Crippen LogP contribution in [0.3, 0.4) is 0 Å². The van der Waals surface area contributed by atoms with Crippen molar-refractivity contribution >= 4 is 12.6 Å². The van der Waals surface area contributed by atoms with Gasteiger partial charge in [0.15, 0.2) is 0 Å². The summed E-state index contributed by atoms with van der Waals surface area (Å²) in [5.74, 6) is 0. The van der Waals surface area contributed by atoms with E-state index in [-0.39, 0.29) is 5.25 Å². The molecule has 0 N–H and O–H groups in total. The molecule has 0 radical (unpaired) electrons. The van der Waals surface area contributed by atoms with Crippen molar-refractivity contribution in [1.82, 2.24) is 0 Å². The van der Waals surface area contributed by atoms with Gasteiger partial charge in [-0.1, -0.05) is 77.6 Å². The summed E-state index contributed by atoms with van der Waals surface area (Å²) in [5.41, 5.74) is 0. The molecule has 2 heteroatoms. The minimum atomic E-state index is -0.0476. The van der Waals surface area contributed by atoms with Crippen molar-refractivity contribution < 1.29 is 0 Å². The number of rotatable bonds is 12. The molecule has 0 spiro atoms. The van der Waals surface area contributed by atoms with Gasteiger partial charge in [0.2, 0.25) is 0 Å². The molecule has 0 aliphatic carbocycles. The summed E-state index contributed by atoms with van der Waals surface area (Å²) in [7, 11) is 0. The van der Waals surface area contributed by atoms with Gasteiger partial charge in [-0.05, 0) is 6.42 Å². The third-order valence-corrected chi connectivity index (χ3v) is 3.60. The van der Waals surface area contributed by atoms with E-state index in [1.807, 2.05) is 0 Å². The lowest BCUT2D eigenvalue weighted by Crippen LogP contribution is -1.93. The topological polar surface area (TPSA) is 23.8 Å². The molecule has 0 aromatic carbocycles. The molecule has 0 aliphatic rings. The molecule has 1 nitrogen and oxygen atoms in total. The van der Waals surface area contributed by atoms with Crippen molar-refractivity contribution in [2.75, 3.05) is 0 Å². The SMILES string of the molecule is CCCCCCCCCCCCCC(S)C#N. The maximum absolute atomic E-state index is 8.57. The van der Waals surface area contributed by atoms with Crippen molar-refractivity contribution in [3.63, 3.8) is 0 Å². The van der Waals surface area contributed by atoms with E-state index in [0.717, 1.165) is 12.8 Å². The summed E-state index contributed by atoms with van der Waals surface area (Å²) in [5, 5.41) is 8.52. The minimum absolute atomic E-state index is 0.0476. The van der Waals surface area contributed by atoms with E-state index in [1.165, 1.54) is 64.2 Å². The fourth-order valence-corrected chi connectivity index (χ4v) is 2.25. The molecule has 1 atom stereocenters. The summed E-state index contributed by atoms with van der Waals surface area (Å²) in [4.78, 5) is 0. The zero-order valence-electron chi connectivity index (χ0n) is 11.5. The van der Waals surface area contributed by atoms with Gasteiger partial charge in [-0.25, -0.2) is 0 Å². The highest BCUT2D eigenvalue weighted by molar-refractivity contribution is 7.81. The number of thiol groups is 1. The molecule has 1 unspecified atom stereocenters. The Kier molecular flexibility index (Phi) is 13.8. The molecule has 0 aromatic rings. The summed E-state index contributed by atoms with van der Waals surface area (Å²) in [6, 6.07) is 2.16. The lowest BCUT2D eigenvalue weighted by atomic mass is 10.0. The second kappa shape index (κ2) is 13.9. The summed E-state index contributed by atoms with van der Waals surface area (Å²) in [6.45, 7) is 2.27. The molecule has 100 valence electrons. The van der Waals surface area contributed by atoms with Crippen LogP contribution in [-0.2, 0) is 0 Å². The van der Waals surface area contributed by atoms with Crippen LogP contribution in [0.25, 0.3) is 0 Å². The van der Waals surface area contributed by atoms with Crippen LogP contribution in [0.1, 0.15) is 84.0 Å². The van der Waals surface area contributed by atoms with E-state index < -0.39 is 0 Å². The van der Waals surface area contributed by atoms with Gasteiger partial charge in [-0.15, -0.1) is 0 Å². The van der Waals surface area contributed by atoms with E-state index in [1.54, 1.807) is 0 Å². The van der Waals surface area contributed by atoms with Crippen LogP contribution in [0.15, 0.2) is 0 Å². The molecule has 0 fully saturated rings. The van der Waals surface area contributed by atoms with Crippen LogP contribution in [0, 0.1) is 11.3 Å². The minimum Gasteiger partial charge on any atom is -0.197 e. The first kappa shape index (κ1) is 16.8. The normalized spacial score (nSPS) is 12.3. The third kappa shape index (κ3) is 13.8. The Bertz CT molecular complexity index is 186. The zero-order valence-corrected chi connectivity index (χ0v) is 12.4. The van der Waals surface area contributed by atoms with Crippen molar-refractivity contribution in [2.24, 2.45) is 0 Å². The first-order valence-corrected chi connectivity index (χ1v) is 7.90. The average Bonchev–Trinajstić information content (AvgIpc) is 2.35. The van der Waals surface area contributed by atoms with E-state index in [2.05, 4.69) is 25.6 Å². The summed E-state index contributed by atoms with van der Waals surface area (Å²) in [6.07, 6.45) is 15.9. The number of nitriles is 1. The largest absolute Gasteiger partial charge is 0.197 e. The number of hydrogen-bond acceptors (Lipinski definition) is 2. The molecule has 0 aromatic heterocycles. The Morgan fingerprint density at radius 1 is 0.824 bits per heavy atom. The van der Waals surface area contributed by atoms with Crippen molar-refractivity contribution in [1.29, 1.82) is 5.26 Å². The summed E-state index contributed by atoms with van der Waals surface area (Å²) < 4.78 is 0. The average molecular weight is 255 g/mol. The van der Waals surface area contributed by atoms with Crippen molar-refractivity contribution in [3.8, 4) is 6.07 Å². The molecule has 0 aliphatic heterocycles. The Balaban J connectivity index is 2.97. The van der Waals surface area contributed by atoms with Gasteiger partial charge in [0.25, 0.3) is 0 Å². The van der Waals surface area contributed by atoms with Gasteiger partial charge < -0.3 is 0 Å². The first-order chi connectivity index (χ1) is 8.31. The highest BCUT2D eigenvalue weighted by atomic mass is 32.1. The van der Waals surface area contributed by atoms with Gasteiger partial charge in [-0.3, -0.25) is 0 Å². The van der Waals surface area contributed by atoms with Crippen molar-refractivity contribution in [3.05, 3.63) is 0 Å². The highest BCUT2D eigenvalue weighted by Gasteiger charge is 1.99. The van der Waals surface area contributed by atoms with Crippen LogP contribution in [0.4, 0.5) is 0 Å². The fourth-order valence-electron chi connectivity index (χ4n) is 2.07. The van der Waals surface area contributed by atoms with Crippen molar-refractivity contribution in [2.45, 2.75) is 89.2 Å². The molecule has 0 heterocycles. The molecular formula is C15H29NS. The van der Waals surface area contributed by atoms with E-state index >= 15 is 0 Å². The maximum Gasteiger partial charge on any atom is 0.0887 e. The van der Waals surface area contributed by atoms with Gasteiger partial charge in [0, 0.05) is 0 Å². The van der Waals surface area contributed by atoms with E-state index in [4.69, 9.17) is 5.26 Å². The Morgan fingerprint density at radius 3 is 1.65 bits per heavy atom. The fraction of sp³-hybridized carbons (Fsp3) is 0.933. The van der Waals surface area contributed by atoms with Crippen LogP contribution < -0.4 is 0 Å². The Labute approximate surface area is 113 Å². The number of hydrogen-bond donors (Lipinski definition) is 1. The quantitative estimate of drug-likeness (QED) is 0.361. The highest BCUT2D eigenvalue weighted by Crippen LogP contribution is 2.13. The van der Waals surface area contributed by atoms with Gasteiger partial charge in [0.1, 0.15) is 0 Å². The summed E-state index contributed by atoms with van der Waals surface area (Å²) >= 11 is 4.17. The lowest BCUT2D eigenvalue weighted by Gasteiger charge is -2.03. The van der Waals surface area contributed by atoms with Crippen LogP contribution >= 0.6 is 12.6 Å². The number of nitrogens with zero attached hydrogens (tertiary/aromatic N) is 1. The monoisotopic (exact) mass is 255 g/mol. The van der Waals surface area contributed by atoms with E-state index in [9.17, 15) is 0 Å². The second-order valence-electron chi connectivity index (χ2n) is 4.97. The predicted octanol–water partition coefficient (Wildman–Crippen LogP) is 5.51. The molecule has 0 saturated heterocycles. The van der Waals surface area contributed by atoms with Crippen LogP contribution in [-0.4, -0.2) is 5.25 Å². The predicted molar refractivity (Wildman–Crippen MR) is 79.5 cm³/mol. The standard InChI is InChI=1S/C15H29NS/c1-2-3-4-5-6-7-8-9-10-11-12-13-15(17)14-16/h15,17H,2-13H2,1H3. The molecular weight excluding hydrogens is 226 g/mol. The number of unbranched alkanes of at least 4 members (excludes halogenated alkanes) is 10. The van der Waals surface area contributed by atoms with Gasteiger partial charge >= 0.3 is 0 Å². The first-order valence-electron chi connectivity index (χ1n) is 7.39. The molecule has 0 amide bonds. The molecule has 0 rings (SSSR count). The lowest BCUT2D eigenvalue weighted by molar-refractivity contribution is 0.546. The van der Waals surface area contributed by atoms with Crippen LogP contribution in [0.2, 0.25) is 0 Å². The zero-order chi connectivity index (χ0) is 12.8. The molecule has 0 saturated carbocycles. The van der Waals surface area contributed by atoms with Gasteiger partial charge in [0.05, 0.1) is 11.3 Å². The maximum atomic E-state index is 8.57. The third-order valence-electron chi connectivity index (χ3n) is 3.23.